The Bertz CT molecular complexity index is 576. The Balaban J connectivity index is 2.15. The highest BCUT2D eigenvalue weighted by molar-refractivity contribution is 6.16. The molecule has 0 bridgehead atoms. The number of nitrogens with zero attached hydrogens (tertiary/aromatic N) is 3. The number of likely N-dealkylation sites (tertiary alicyclic amines) is 1. The average molecular weight is 264 g/mol. The summed E-state index contributed by atoms with van der Waals surface area (Å²) in [6, 6.07) is 6.93. The van der Waals surface area contributed by atoms with Gasteiger partial charge in [0, 0.05) is 12.6 Å². The molecule has 96 valence electrons. The number of imidazole rings is 1. The van der Waals surface area contributed by atoms with E-state index in [4.69, 9.17) is 11.6 Å². The topological polar surface area (TPSA) is 21.1 Å². The smallest absolute Gasteiger partial charge is 0.125 e. The Labute approximate surface area is 112 Å². The summed E-state index contributed by atoms with van der Waals surface area (Å²) in [6.45, 7) is 4.36. The van der Waals surface area contributed by atoms with Gasteiger partial charge < -0.3 is 9.47 Å². The molecule has 3 nitrogen and oxygen atoms in total. The summed E-state index contributed by atoms with van der Waals surface area (Å²) >= 11 is 6.06. The highest BCUT2D eigenvalue weighted by Gasteiger charge is 2.24. The van der Waals surface area contributed by atoms with E-state index in [-0.39, 0.29) is 0 Å². The largest absolute Gasteiger partial charge is 0.322 e. The first-order valence-electron chi connectivity index (χ1n) is 6.41. The average Bonchev–Trinajstić information content (AvgIpc) is 2.91. The number of fused-ring (bicyclic) bond motifs is 1. The number of hydrogen-bond acceptors (Lipinski definition) is 2. The van der Waals surface area contributed by atoms with Gasteiger partial charge in [-0.2, -0.15) is 0 Å². The van der Waals surface area contributed by atoms with Crippen molar-refractivity contribution in [3.05, 3.63) is 29.6 Å². The van der Waals surface area contributed by atoms with Crippen LogP contribution in [0.1, 0.15) is 23.9 Å². The van der Waals surface area contributed by atoms with E-state index in [0.29, 0.717) is 11.9 Å². The zero-order valence-electron chi connectivity index (χ0n) is 10.9. The van der Waals surface area contributed by atoms with Crippen molar-refractivity contribution in [2.75, 3.05) is 20.1 Å². The first kappa shape index (κ1) is 12.0. The summed E-state index contributed by atoms with van der Waals surface area (Å²) < 4.78 is 2.35. The molecule has 4 heteroatoms. The van der Waals surface area contributed by atoms with E-state index in [1.165, 1.54) is 17.5 Å². The van der Waals surface area contributed by atoms with Crippen LogP contribution < -0.4 is 0 Å². The molecule has 1 saturated heterocycles. The maximum Gasteiger partial charge on any atom is 0.125 e. The number of hydrogen-bond donors (Lipinski definition) is 0. The van der Waals surface area contributed by atoms with Crippen LogP contribution in [0.3, 0.4) is 0 Å². The van der Waals surface area contributed by atoms with Crippen molar-refractivity contribution < 1.29 is 0 Å². The van der Waals surface area contributed by atoms with Gasteiger partial charge in [-0.05, 0) is 44.6 Å². The third-order valence-corrected chi connectivity index (χ3v) is 4.01. The molecule has 3 rings (SSSR count). The van der Waals surface area contributed by atoms with Gasteiger partial charge >= 0.3 is 0 Å². The number of likely N-dealkylation sites (N-methyl/N-ethyl adjacent to an activating group) is 1. The van der Waals surface area contributed by atoms with Crippen molar-refractivity contribution >= 4 is 22.6 Å². The molecule has 1 aliphatic rings. The van der Waals surface area contributed by atoms with Crippen LogP contribution in [0, 0.1) is 6.92 Å². The van der Waals surface area contributed by atoms with Crippen LogP contribution in [0.15, 0.2) is 18.2 Å². The van der Waals surface area contributed by atoms with Gasteiger partial charge in [0.2, 0.25) is 0 Å². The maximum absolute atomic E-state index is 6.06. The van der Waals surface area contributed by atoms with Gasteiger partial charge in [0.05, 0.1) is 16.9 Å². The zero-order chi connectivity index (χ0) is 12.7. The Kier molecular flexibility index (Phi) is 3.04. The molecule has 2 heterocycles. The predicted molar refractivity (Wildman–Crippen MR) is 75.2 cm³/mol. The molecule has 0 saturated carbocycles. The maximum atomic E-state index is 6.06. The van der Waals surface area contributed by atoms with Crippen molar-refractivity contribution in [3.63, 3.8) is 0 Å². The van der Waals surface area contributed by atoms with Crippen molar-refractivity contribution in [3.8, 4) is 0 Å². The second-order valence-electron chi connectivity index (χ2n) is 5.23. The Hall–Kier alpha value is -1.06. The van der Waals surface area contributed by atoms with Gasteiger partial charge in [0.15, 0.2) is 0 Å². The number of aromatic nitrogens is 2. The number of alkyl halides is 1. The molecular weight excluding hydrogens is 246 g/mol. The molecule has 0 radical (unpaired) electrons. The molecule has 1 aromatic carbocycles. The first-order valence-corrected chi connectivity index (χ1v) is 6.94. The minimum atomic E-state index is 0.480. The van der Waals surface area contributed by atoms with Crippen LogP contribution >= 0.6 is 11.6 Å². The monoisotopic (exact) mass is 263 g/mol. The van der Waals surface area contributed by atoms with Gasteiger partial charge in [0.25, 0.3) is 0 Å². The number of rotatable bonds is 2. The van der Waals surface area contributed by atoms with E-state index >= 15 is 0 Å². The minimum Gasteiger partial charge on any atom is -0.322 e. The number of halogens is 1. The third kappa shape index (κ3) is 1.91. The molecule has 18 heavy (non-hydrogen) atoms. The van der Waals surface area contributed by atoms with Gasteiger partial charge in [-0.1, -0.05) is 6.07 Å². The lowest BCUT2D eigenvalue weighted by Crippen LogP contribution is -2.17. The van der Waals surface area contributed by atoms with Crippen LogP contribution in [0.5, 0.6) is 0 Å². The molecule has 0 amide bonds. The van der Waals surface area contributed by atoms with Crippen molar-refractivity contribution in [1.82, 2.24) is 14.5 Å². The summed E-state index contributed by atoms with van der Waals surface area (Å²) in [4.78, 5) is 7.02. The molecular formula is C14H18ClN3. The van der Waals surface area contributed by atoms with Crippen LogP contribution in [-0.2, 0) is 5.88 Å². The van der Waals surface area contributed by atoms with E-state index in [1.54, 1.807) is 0 Å². The second-order valence-corrected chi connectivity index (χ2v) is 5.50. The van der Waals surface area contributed by atoms with Gasteiger partial charge in [0.1, 0.15) is 5.82 Å². The summed E-state index contributed by atoms with van der Waals surface area (Å²) in [5.74, 6) is 1.48. The molecule has 1 aromatic heterocycles. The van der Waals surface area contributed by atoms with Crippen LogP contribution in [0.25, 0.3) is 11.0 Å². The highest BCUT2D eigenvalue weighted by atomic mass is 35.5. The van der Waals surface area contributed by atoms with E-state index in [1.807, 2.05) is 0 Å². The Morgan fingerprint density at radius 1 is 1.44 bits per heavy atom. The number of aryl methyl sites for hydroxylation is 1. The molecule has 2 aromatic rings. The van der Waals surface area contributed by atoms with Crippen LogP contribution in [0.4, 0.5) is 0 Å². The SMILES string of the molecule is Cc1ccc2nc(CCl)n(C3CCN(C)C3)c2c1. The lowest BCUT2D eigenvalue weighted by molar-refractivity contribution is 0.393. The van der Waals surface area contributed by atoms with Crippen molar-refractivity contribution in [2.45, 2.75) is 25.3 Å². The van der Waals surface area contributed by atoms with Crippen molar-refractivity contribution in [1.29, 1.82) is 0 Å². The van der Waals surface area contributed by atoms with E-state index in [9.17, 15) is 0 Å². The third-order valence-electron chi connectivity index (χ3n) is 3.77. The fourth-order valence-electron chi connectivity index (χ4n) is 2.88. The summed E-state index contributed by atoms with van der Waals surface area (Å²) in [6.07, 6.45) is 1.18. The van der Waals surface area contributed by atoms with Gasteiger partial charge in [-0.15, -0.1) is 11.6 Å². The Morgan fingerprint density at radius 3 is 2.94 bits per heavy atom. The lowest BCUT2D eigenvalue weighted by atomic mass is 10.2. The zero-order valence-corrected chi connectivity index (χ0v) is 11.6. The molecule has 0 aliphatic carbocycles. The molecule has 0 spiro atoms. The quantitative estimate of drug-likeness (QED) is 0.777. The fraction of sp³-hybridized carbons (Fsp3) is 0.500. The summed E-state index contributed by atoms with van der Waals surface area (Å²) in [7, 11) is 2.17. The lowest BCUT2D eigenvalue weighted by Gasteiger charge is -2.16. The van der Waals surface area contributed by atoms with E-state index < -0.39 is 0 Å². The van der Waals surface area contributed by atoms with Gasteiger partial charge in [-0.3, -0.25) is 0 Å². The van der Waals surface area contributed by atoms with Crippen LogP contribution in [0.2, 0.25) is 0 Å². The molecule has 1 fully saturated rings. The predicted octanol–water partition coefficient (Wildman–Crippen LogP) is 2.96. The summed E-state index contributed by atoms with van der Waals surface area (Å²) in [5, 5.41) is 0. The minimum absolute atomic E-state index is 0.480. The normalized spacial score (nSPS) is 20.9. The van der Waals surface area contributed by atoms with Crippen LogP contribution in [-0.4, -0.2) is 34.6 Å². The van der Waals surface area contributed by atoms with E-state index in [2.05, 4.69) is 46.6 Å². The molecule has 1 aliphatic heterocycles. The fourth-order valence-corrected chi connectivity index (χ4v) is 3.07. The standard InChI is InChI=1S/C14H18ClN3/c1-10-3-4-12-13(7-10)18(14(8-15)16-12)11-5-6-17(2)9-11/h3-4,7,11H,5-6,8-9H2,1-2H3. The molecule has 1 atom stereocenters. The van der Waals surface area contributed by atoms with Crippen molar-refractivity contribution in [2.24, 2.45) is 0 Å². The highest BCUT2D eigenvalue weighted by Crippen LogP contribution is 2.28. The molecule has 0 N–H and O–H groups in total. The summed E-state index contributed by atoms with van der Waals surface area (Å²) in [5.41, 5.74) is 3.56. The second kappa shape index (κ2) is 4.56. The number of benzene rings is 1. The molecule has 1 unspecified atom stereocenters. The van der Waals surface area contributed by atoms with E-state index in [0.717, 1.165) is 24.4 Å². The Morgan fingerprint density at radius 2 is 2.28 bits per heavy atom. The first-order chi connectivity index (χ1) is 8.69. The van der Waals surface area contributed by atoms with Gasteiger partial charge in [-0.25, -0.2) is 4.98 Å².